The molecule has 0 radical (unpaired) electrons. The molecule has 0 aliphatic carbocycles. The van der Waals surface area contributed by atoms with E-state index in [2.05, 4.69) is 0 Å². The average molecular weight is 504 g/mol. The number of ether oxygens (including phenoxy) is 5. The van der Waals surface area contributed by atoms with Gasteiger partial charge in [-0.25, -0.2) is 0 Å². The van der Waals surface area contributed by atoms with Gasteiger partial charge in [0, 0.05) is 0 Å². The fraction of sp³-hybridized carbons (Fsp3) is 1.00. The largest absolute Gasteiger partial charge is 0.394 e. The molecular formula is C18H32O16. The van der Waals surface area contributed by atoms with Gasteiger partial charge in [-0.1, -0.05) is 0 Å². The van der Waals surface area contributed by atoms with Gasteiger partial charge in [0.2, 0.25) is 0 Å². The molecule has 34 heavy (non-hydrogen) atoms. The predicted octanol–water partition coefficient (Wildman–Crippen LogP) is -7.57. The van der Waals surface area contributed by atoms with Gasteiger partial charge in [0.25, 0.3) is 0 Å². The third kappa shape index (κ3) is 5.37. The van der Waals surface area contributed by atoms with E-state index >= 15 is 0 Å². The van der Waals surface area contributed by atoms with Crippen molar-refractivity contribution in [2.24, 2.45) is 0 Å². The second-order valence-corrected chi connectivity index (χ2v) is 8.33. The van der Waals surface area contributed by atoms with Crippen molar-refractivity contribution in [2.45, 2.75) is 92.1 Å². The van der Waals surface area contributed by atoms with Crippen LogP contribution in [0.2, 0.25) is 0 Å². The molecule has 0 amide bonds. The van der Waals surface area contributed by atoms with Crippen molar-refractivity contribution < 1.29 is 79.9 Å². The maximum atomic E-state index is 10.7. The summed E-state index contributed by atoms with van der Waals surface area (Å²) in [5.41, 5.74) is 0. The molecule has 0 aromatic heterocycles. The third-order valence-electron chi connectivity index (χ3n) is 6.09. The van der Waals surface area contributed by atoms with Gasteiger partial charge in [0.05, 0.1) is 19.8 Å². The molecule has 3 aliphatic rings. The standard InChI is InChI=1S/C18H32O16/c19-1-4-7(22)10(25)11(26)17(31-4)34-15-9(24)6(3-21)32-18(13(15)28)33-14-8(23)5(2-20)30-16(29)12(14)27/h4-29H,1-3H2/t4-,5-,6-,7+,8+,9+,10+,11-,12-,13-,14+,15+,16+,17-,18-/m1/s1. The zero-order chi connectivity index (χ0) is 25.3. The van der Waals surface area contributed by atoms with Crippen molar-refractivity contribution in [3.63, 3.8) is 0 Å². The van der Waals surface area contributed by atoms with E-state index in [4.69, 9.17) is 23.7 Å². The van der Waals surface area contributed by atoms with E-state index in [9.17, 15) is 56.2 Å². The summed E-state index contributed by atoms with van der Waals surface area (Å²) in [6, 6.07) is 0. The van der Waals surface area contributed by atoms with Crippen LogP contribution in [0.15, 0.2) is 0 Å². The highest BCUT2D eigenvalue weighted by atomic mass is 16.7. The van der Waals surface area contributed by atoms with Gasteiger partial charge >= 0.3 is 0 Å². The van der Waals surface area contributed by atoms with Crippen LogP contribution in [-0.4, -0.2) is 168 Å². The van der Waals surface area contributed by atoms with Crippen LogP contribution < -0.4 is 0 Å². The summed E-state index contributed by atoms with van der Waals surface area (Å²) >= 11 is 0. The minimum absolute atomic E-state index is 0.750. The van der Waals surface area contributed by atoms with Gasteiger partial charge < -0.3 is 79.9 Å². The zero-order valence-electron chi connectivity index (χ0n) is 17.7. The maximum absolute atomic E-state index is 10.7. The quantitative estimate of drug-likeness (QED) is 0.154. The molecule has 11 N–H and O–H groups in total. The molecular weight excluding hydrogens is 472 g/mol. The van der Waals surface area contributed by atoms with Crippen LogP contribution in [0.4, 0.5) is 0 Å². The van der Waals surface area contributed by atoms with Gasteiger partial charge in [-0.2, -0.15) is 0 Å². The van der Waals surface area contributed by atoms with Crippen LogP contribution in [0.1, 0.15) is 0 Å². The summed E-state index contributed by atoms with van der Waals surface area (Å²) < 4.78 is 26.2. The molecule has 3 rings (SSSR count). The Morgan fingerprint density at radius 3 is 1.35 bits per heavy atom. The fourth-order valence-electron chi connectivity index (χ4n) is 4.04. The fourth-order valence-corrected chi connectivity index (χ4v) is 4.04. The van der Waals surface area contributed by atoms with E-state index in [0.29, 0.717) is 0 Å². The summed E-state index contributed by atoms with van der Waals surface area (Å²) in [4.78, 5) is 0. The summed E-state index contributed by atoms with van der Waals surface area (Å²) in [7, 11) is 0. The monoisotopic (exact) mass is 504 g/mol. The molecule has 0 bridgehead atoms. The topological polar surface area (TPSA) is 269 Å². The lowest BCUT2D eigenvalue weighted by Crippen LogP contribution is -2.66. The molecule has 0 unspecified atom stereocenters. The van der Waals surface area contributed by atoms with Crippen molar-refractivity contribution in [3.8, 4) is 0 Å². The van der Waals surface area contributed by atoms with Crippen LogP contribution in [-0.2, 0) is 23.7 Å². The molecule has 200 valence electrons. The first-order chi connectivity index (χ1) is 16.0. The molecule has 0 spiro atoms. The smallest absolute Gasteiger partial charge is 0.187 e. The normalized spacial score (nSPS) is 52.5. The van der Waals surface area contributed by atoms with Gasteiger partial charge in [-0.15, -0.1) is 0 Å². The van der Waals surface area contributed by atoms with Crippen LogP contribution in [0, 0.1) is 0 Å². The van der Waals surface area contributed by atoms with E-state index in [1.165, 1.54) is 0 Å². The number of aliphatic hydroxyl groups excluding tert-OH is 11. The average Bonchev–Trinajstić information content (AvgIpc) is 2.82. The van der Waals surface area contributed by atoms with Crippen molar-refractivity contribution in [1.29, 1.82) is 0 Å². The van der Waals surface area contributed by atoms with E-state index in [1.54, 1.807) is 0 Å². The highest BCUT2D eigenvalue weighted by Crippen LogP contribution is 2.32. The highest BCUT2D eigenvalue weighted by Gasteiger charge is 2.53. The van der Waals surface area contributed by atoms with Crippen molar-refractivity contribution in [3.05, 3.63) is 0 Å². The molecule has 3 saturated heterocycles. The lowest BCUT2D eigenvalue weighted by Gasteiger charge is -2.47. The Labute approximate surface area is 192 Å². The second kappa shape index (κ2) is 11.6. The van der Waals surface area contributed by atoms with Gasteiger partial charge in [0.15, 0.2) is 18.9 Å². The maximum Gasteiger partial charge on any atom is 0.187 e. The molecule has 16 heteroatoms. The van der Waals surface area contributed by atoms with Gasteiger partial charge in [-0.3, -0.25) is 0 Å². The Morgan fingerprint density at radius 2 is 0.853 bits per heavy atom. The summed E-state index contributed by atoms with van der Waals surface area (Å²) in [5, 5.41) is 110. The van der Waals surface area contributed by atoms with E-state index in [0.717, 1.165) is 0 Å². The van der Waals surface area contributed by atoms with Crippen LogP contribution in [0.3, 0.4) is 0 Å². The molecule has 15 atom stereocenters. The second-order valence-electron chi connectivity index (χ2n) is 8.33. The molecule has 3 heterocycles. The highest BCUT2D eigenvalue weighted by molar-refractivity contribution is 4.96. The molecule has 16 nitrogen and oxygen atoms in total. The van der Waals surface area contributed by atoms with Crippen LogP contribution in [0.25, 0.3) is 0 Å². The number of rotatable bonds is 7. The van der Waals surface area contributed by atoms with Crippen molar-refractivity contribution >= 4 is 0 Å². The van der Waals surface area contributed by atoms with Crippen molar-refractivity contribution in [1.82, 2.24) is 0 Å². The molecule has 0 aromatic rings. The Balaban J connectivity index is 1.78. The SMILES string of the molecule is OC[C@H]1O[C@H](O[C@H]2[C@@H](O)[C@@H](CO)O[C@H](O[C@@H]3[C@@H](O)[C@@H](O)O[C@H](CO)[C@@H]3O)[C@@H]2O)[C@H](O)[C@@H](O)[C@H]1O. The van der Waals surface area contributed by atoms with E-state index in [-0.39, 0.29) is 0 Å². The lowest BCUT2D eigenvalue weighted by atomic mass is 9.96. The Kier molecular flexibility index (Phi) is 9.54. The minimum atomic E-state index is -1.92. The number of hydrogen-bond donors (Lipinski definition) is 11. The molecule has 0 aromatic carbocycles. The first-order valence-electron chi connectivity index (χ1n) is 10.6. The lowest BCUT2D eigenvalue weighted by molar-refractivity contribution is -0.379. The zero-order valence-corrected chi connectivity index (χ0v) is 17.7. The third-order valence-corrected chi connectivity index (χ3v) is 6.09. The van der Waals surface area contributed by atoms with Crippen molar-refractivity contribution in [2.75, 3.05) is 19.8 Å². The summed E-state index contributed by atoms with van der Waals surface area (Å²) in [5.74, 6) is 0. The molecule has 3 fully saturated rings. The van der Waals surface area contributed by atoms with Crippen LogP contribution >= 0.6 is 0 Å². The Bertz CT molecular complexity index is 639. The first kappa shape index (κ1) is 27.9. The van der Waals surface area contributed by atoms with E-state index < -0.39 is 112 Å². The van der Waals surface area contributed by atoms with Gasteiger partial charge in [-0.05, 0) is 0 Å². The van der Waals surface area contributed by atoms with Gasteiger partial charge in [0.1, 0.15) is 73.2 Å². The summed E-state index contributed by atoms with van der Waals surface area (Å²) in [6.45, 7) is -2.33. The summed E-state index contributed by atoms with van der Waals surface area (Å²) in [6.07, 6.45) is -25.5. The molecule has 3 aliphatic heterocycles. The Hall–Kier alpha value is -0.640. The Morgan fingerprint density at radius 1 is 0.441 bits per heavy atom. The molecule has 0 saturated carbocycles. The first-order valence-corrected chi connectivity index (χ1v) is 10.6. The minimum Gasteiger partial charge on any atom is -0.394 e. The number of aliphatic hydroxyl groups is 11. The predicted molar refractivity (Wildman–Crippen MR) is 101 cm³/mol. The van der Waals surface area contributed by atoms with E-state index in [1.807, 2.05) is 0 Å². The van der Waals surface area contributed by atoms with Crippen LogP contribution in [0.5, 0.6) is 0 Å². The number of hydrogen-bond acceptors (Lipinski definition) is 16.